The predicted molar refractivity (Wildman–Crippen MR) is 79.3 cm³/mol. The highest BCUT2D eigenvalue weighted by molar-refractivity contribution is 5.85. The van der Waals surface area contributed by atoms with Crippen LogP contribution in [-0.2, 0) is 6.54 Å². The Kier molecular flexibility index (Phi) is 5.83. The molecule has 19 heavy (non-hydrogen) atoms. The van der Waals surface area contributed by atoms with Crippen molar-refractivity contribution in [2.75, 3.05) is 6.54 Å². The van der Waals surface area contributed by atoms with Crippen molar-refractivity contribution >= 4 is 5.84 Å². The van der Waals surface area contributed by atoms with Gasteiger partial charge < -0.3 is 16.3 Å². The summed E-state index contributed by atoms with van der Waals surface area (Å²) in [5.41, 5.74) is 7.98. The molecule has 0 saturated carbocycles. The molecule has 0 spiro atoms. The number of benzene rings is 1. The lowest BCUT2D eigenvalue weighted by Crippen LogP contribution is -2.32. The van der Waals surface area contributed by atoms with Gasteiger partial charge in [-0.2, -0.15) is 0 Å². The van der Waals surface area contributed by atoms with Crippen LogP contribution in [0.15, 0.2) is 29.4 Å². The minimum Gasteiger partial charge on any atom is -0.409 e. The van der Waals surface area contributed by atoms with E-state index in [0.29, 0.717) is 5.84 Å². The smallest absolute Gasteiger partial charge is 0.144 e. The van der Waals surface area contributed by atoms with Crippen molar-refractivity contribution in [2.24, 2.45) is 16.3 Å². The zero-order valence-corrected chi connectivity index (χ0v) is 12.1. The first kappa shape index (κ1) is 15.5. The largest absolute Gasteiger partial charge is 0.409 e. The van der Waals surface area contributed by atoms with Crippen molar-refractivity contribution < 1.29 is 5.21 Å². The minimum atomic E-state index is -0.250. The maximum atomic E-state index is 8.69. The molecule has 4 heteroatoms. The topological polar surface area (TPSA) is 70.6 Å². The zero-order chi connectivity index (χ0) is 14.3. The van der Waals surface area contributed by atoms with Gasteiger partial charge in [0.1, 0.15) is 5.84 Å². The second kappa shape index (κ2) is 7.14. The summed E-state index contributed by atoms with van der Waals surface area (Å²) < 4.78 is 0. The lowest BCUT2D eigenvalue weighted by atomic mass is 9.86. The molecule has 0 aliphatic carbocycles. The quantitative estimate of drug-likeness (QED) is 0.233. The van der Waals surface area contributed by atoms with Crippen LogP contribution in [0.25, 0.3) is 0 Å². The third kappa shape index (κ3) is 5.30. The van der Waals surface area contributed by atoms with Crippen molar-refractivity contribution in [2.45, 2.75) is 40.2 Å². The molecule has 0 aliphatic rings. The van der Waals surface area contributed by atoms with E-state index in [0.717, 1.165) is 25.9 Å². The standard InChI is InChI=1S/C15H25N3O/c1-12-5-7-13(8-6-12)11-17-10-4-9-15(2,3)14(16)18-19/h5-8,17,19H,4,9-11H2,1-3H3,(H2,16,18). The average molecular weight is 263 g/mol. The van der Waals surface area contributed by atoms with Crippen LogP contribution in [-0.4, -0.2) is 17.6 Å². The fourth-order valence-electron chi connectivity index (χ4n) is 1.86. The van der Waals surface area contributed by atoms with Crippen LogP contribution in [0.1, 0.15) is 37.8 Å². The van der Waals surface area contributed by atoms with E-state index in [9.17, 15) is 0 Å². The van der Waals surface area contributed by atoms with Crippen molar-refractivity contribution in [1.82, 2.24) is 5.32 Å². The van der Waals surface area contributed by atoms with Crippen molar-refractivity contribution in [3.05, 3.63) is 35.4 Å². The van der Waals surface area contributed by atoms with Gasteiger partial charge in [-0.3, -0.25) is 0 Å². The Balaban J connectivity index is 2.23. The first-order valence-electron chi connectivity index (χ1n) is 6.70. The first-order chi connectivity index (χ1) is 8.95. The summed E-state index contributed by atoms with van der Waals surface area (Å²) in [6, 6.07) is 8.53. The summed E-state index contributed by atoms with van der Waals surface area (Å²) in [5.74, 6) is 0.297. The minimum absolute atomic E-state index is 0.250. The highest BCUT2D eigenvalue weighted by atomic mass is 16.4. The number of oxime groups is 1. The number of aryl methyl sites for hydroxylation is 1. The molecule has 106 valence electrons. The van der Waals surface area contributed by atoms with E-state index in [1.54, 1.807) is 0 Å². The van der Waals surface area contributed by atoms with Crippen LogP contribution in [0, 0.1) is 12.3 Å². The molecule has 0 aliphatic heterocycles. The number of hydrogen-bond acceptors (Lipinski definition) is 3. The average Bonchev–Trinajstić information content (AvgIpc) is 2.39. The van der Waals surface area contributed by atoms with Crippen LogP contribution in [0.4, 0.5) is 0 Å². The summed E-state index contributed by atoms with van der Waals surface area (Å²) in [5, 5.41) is 15.2. The van der Waals surface area contributed by atoms with E-state index < -0.39 is 0 Å². The van der Waals surface area contributed by atoms with Crippen LogP contribution in [0.3, 0.4) is 0 Å². The summed E-state index contributed by atoms with van der Waals surface area (Å²) in [6.45, 7) is 7.87. The molecule has 0 aromatic heterocycles. The van der Waals surface area contributed by atoms with E-state index >= 15 is 0 Å². The van der Waals surface area contributed by atoms with Gasteiger partial charge >= 0.3 is 0 Å². The third-order valence-corrected chi connectivity index (χ3v) is 3.41. The molecule has 0 radical (unpaired) electrons. The molecule has 0 heterocycles. The molecule has 1 aromatic carbocycles. The van der Waals surface area contributed by atoms with E-state index in [1.165, 1.54) is 11.1 Å². The summed E-state index contributed by atoms with van der Waals surface area (Å²) in [4.78, 5) is 0. The summed E-state index contributed by atoms with van der Waals surface area (Å²) in [7, 11) is 0. The van der Waals surface area contributed by atoms with Crippen LogP contribution in [0.2, 0.25) is 0 Å². The van der Waals surface area contributed by atoms with E-state index in [-0.39, 0.29) is 5.41 Å². The van der Waals surface area contributed by atoms with Crippen molar-refractivity contribution in [3.63, 3.8) is 0 Å². The molecule has 1 rings (SSSR count). The number of nitrogens with two attached hydrogens (primary N) is 1. The monoisotopic (exact) mass is 263 g/mol. The lowest BCUT2D eigenvalue weighted by molar-refractivity contribution is 0.304. The SMILES string of the molecule is Cc1ccc(CNCCCC(C)(C)C(N)=NO)cc1. The highest BCUT2D eigenvalue weighted by Crippen LogP contribution is 2.21. The Morgan fingerprint density at radius 2 is 1.95 bits per heavy atom. The first-order valence-corrected chi connectivity index (χ1v) is 6.70. The fraction of sp³-hybridized carbons (Fsp3) is 0.533. The number of nitrogens with one attached hydrogen (secondary N) is 1. The van der Waals surface area contributed by atoms with Gasteiger partial charge in [0.15, 0.2) is 0 Å². The molecule has 0 saturated heterocycles. The summed E-state index contributed by atoms with van der Waals surface area (Å²) >= 11 is 0. The molecule has 0 unspecified atom stereocenters. The lowest BCUT2D eigenvalue weighted by Gasteiger charge is -2.22. The molecule has 0 atom stereocenters. The Labute approximate surface area is 115 Å². The van der Waals surface area contributed by atoms with E-state index in [2.05, 4.69) is 41.7 Å². The van der Waals surface area contributed by atoms with Gasteiger partial charge in [0.25, 0.3) is 0 Å². The van der Waals surface area contributed by atoms with E-state index in [4.69, 9.17) is 10.9 Å². The van der Waals surface area contributed by atoms with Gasteiger partial charge in [-0.1, -0.05) is 48.8 Å². The number of hydrogen-bond donors (Lipinski definition) is 3. The molecule has 0 fully saturated rings. The van der Waals surface area contributed by atoms with Gasteiger partial charge in [0, 0.05) is 12.0 Å². The Morgan fingerprint density at radius 1 is 1.32 bits per heavy atom. The van der Waals surface area contributed by atoms with Gasteiger partial charge in [0.05, 0.1) is 0 Å². The van der Waals surface area contributed by atoms with E-state index in [1.807, 2.05) is 13.8 Å². The van der Waals surface area contributed by atoms with Gasteiger partial charge in [-0.05, 0) is 31.9 Å². The second-order valence-corrected chi connectivity index (χ2v) is 5.64. The Morgan fingerprint density at radius 3 is 2.53 bits per heavy atom. The molecular weight excluding hydrogens is 238 g/mol. The number of rotatable bonds is 7. The third-order valence-electron chi connectivity index (χ3n) is 3.41. The zero-order valence-electron chi connectivity index (χ0n) is 12.1. The second-order valence-electron chi connectivity index (χ2n) is 5.64. The predicted octanol–water partition coefficient (Wildman–Crippen LogP) is 2.64. The molecule has 0 bridgehead atoms. The number of nitrogens with zero attached hydrogens (tertiary/aromatic N) is 1. The maximum Gasteiger partial charge on any atom is 0.144 e. The fourth-order valence-corrected chi connectivity index (χ4v) is 1.86. The molecule has 1 aromatic rings. The van der Waals surface area contributed by atoms with Crippen LogP contribution in [0.5, 0.6) is 0 Å². The Bertz CT molecular complexity index is 410. The normalized spacial score (nSPS) is 12.7. The maximum absolute atomic E-state index is 8.69. The molecular formula is C15H25N3O. The highest BCUT2D eigenvalue weighted by Gasteiger charge is 2.22. The van der Waals surface area contributed by atoms with Gasteiger partial charge in [-0.15, -0.1) is 0 Å². The van der Waals surface area contributed by atoms with Crippen molar-refractivity contribution in [1.29, 1.82) is 0 Å². The van der Waals surface area contributed by atoms with Gasteiger partial charge in [0.2, 0.25) is 0 Å². The summed E-state index contributed by atoms with van der Waals surface area (Å²) in [6.07, 6.45) is 1.89. The van der Waals surface area contributed by atoms with Crippen LogP contribution < -0.4 is 11.1 Å². The van der Waals surface area contributed by atoms with Crippen molar-refractivity contribution in [3.8, 4) is 0 Å². The van der Waals surface area contributed by atoms with Crippen LogP contribution >= 0.6 is 0 Å². The molecule has 4 N–H and O–H groups in total. The van der Waals surface area contributed by atoms with Gasteiger partial charge in [-0.25, -0.2) is 0 Å². The number of amidine groups is 1. The molecule has 0 amide bonds. The Hall–Kier alpha value is -1.55. The molecule has 4 nitrogen and oxygen atoms in total.